The molecule has 0 radical (unpaired) electrons. The zero-order valence-electron chi connectivity index (χ0n) is 16.7. The highest BCUT2D eigenvalue weighted by molar-refractivity contribution is 7.99. The Hall–Kier alpha value is -2.90. The quantitative estimate of drug-likeness (QED) is 0.340. The van der Waals surface area contributed by atoms with Crippen LogP contribution in [0.25, 0.3) is 11.3 Å². The summed E-state index contributed by atoms with van der Waals surface area (Å²) in [7, 11) is 0. The van der Waals surface area contributed by atoms with E-state index in [1.165, 1.54) is 16.3 Å². The molecule has 0 amide bonds. The molecule has 0 aliphatic carbocycles. The number of ketones is 1. The molecule has 0 aliphatic heterocycles. The van der Waals surface area contributed by atoms with Gasteiger partial charge in [0.15, 0.2) is 10.9 Å². The van der Waals surface area contributed by atoms with Gasteiger partial charge in [-0.1, -0.05) is 47.1 Å². The summed E-state index contributed by atoms with van der Waals surface area (Å²) in [5.74, 6) is 0.225. The van der Waals surface area contributed by atoms with Gasteiger partial charge in [-0.25, -0.2) is 0 Å². The minimum absolute atomic E-state index is 0.0147. The number of fused-ring (bicyclic) bond motifs is 1. The first-order valence-electron chi connectivity index (χ1n) is 9.32. The second-order valence-corrected chi connectivity index (χ2v) is 8.41. The van der Waals surface area contributed by atoms with Gasteiger partial charge in [-0.15, -0.1) is 10.2 Å². The minimum Gasteiger partial charge on any atom is -0.293 e. The zero-order valence-corrected chi connectivity index (χ0v) is 18.3. The van der Waals surface area contributed by atoms with Gasteiger partial charge in [0.05, 0.1) is 11.4 Å². The van der Waals surface area contributed by atoms with Crippen LogP contribution in [-0.4, -0.2) is 30.7 Å². The van der Waals surface area contributed by atoms with E-state index in [2.05, 4.69) is 10.2 Å². The van der Waals surface area contributed by atoms with Crippen LogP contribution >= 0.6 is 23.4 Å². The number of aromatic nitrogens is 4. The number of rotatable bonds is 5. The summed E-state index contributed by atoms with van der Waals surface area (Å²) in [4.78, 5) is 25.6. The van der Waals surface area contributed by atoms with Crippen molar-refractivity contribution in [2.24, 2.45) is 0 Å². The number of carbonyl (C=O) groups excluding carboxylic acids is 1. The van der Waals surface area contributed by atoms with Crippen LogP contribution in [0, 0.1) is 20.8 Å². The van der Waals surface area contributed by atoms with Crippen LogP contribution in [0.2, 0.25) is 5.02 Å². The van der Waals surface area contributed by atoms with E-state index in [0.717, 1.165) is 16.7 Å². The predicted molar refractivity (Wildman–Crippen MR) is 119 cm³/mol. The van der Waals surface area contributed by atoms with Crippen molar-refractivity contribution in [3.8, 4) is 5.69 Å². The van der Waals surface area contributed by atoms with Gasteiger partial charge < -0.3 is 0 Å². The Kier molecular flexibility index (Phi) is 5.49. The molecular formula is C22H19ClN4O2S. The molecule has 2 heterocycles. The highest BCUT2D eigenvalue weighted by Gasteiger charge is 2.16. The van der Waals surface area contributed by atoms with Crippen molar-refractivity contribution in [2.75, 3.05) is 5.75 Å². The molecule has 0 atom stereocenters. The summed E-state index contributed by atoms with van der Waals surface area (Å²) < 4.78 is 3.11. The largest absolute Gasteiger partial charge is 0.300 e. The van der Waals surface area contributed by atoms with E-state index in [4.69, 9.17) is 11.6 Å². The number of carbonyl (C=O) groups is 1. The van der Waals surface area contributed by atoms with E-state index < -0.39 is 0 Å². The van der Waals surface area contributed by atoms with E-state index >= 15 is 0 Å². The number of thioether (sulfide) groups is 1. The minimum atomic E-state index is -0.303. The van der Waals surface area contributed by atoms with E-state index in [9.17, 15) is 9.59 Å². The summed E-state index contributed by atoms with van der Waals surface area (Å²) in [6.07, 6.45) is 3.38. The average molecular weight is 439 g/mol. The fourth-order valence-electron chi connectivity index (χ4n) is 3.26. The van der Waals surface area contributed by atoms with Crippen LogP contribution < -0.4 is 5.56 Å². The van der Waals surface area contributed by atoms with Crippen LogP contribution in [0.1, 0.15) is 27.0 Å². The number of benzene rings is 2. The molecule has 0 bridgehead atoms. The normalized spacial score (nSPS) is 11.2. The van der Waals surface area contributed by atoms with Crippen LogP contribution in [0.5, 0.6) is 0 Å². The number of hydrogen-bond acceptors (Lipinski definition) is 5. The summed E-state index contributed by atoms with van der Waals surface area (Å²) in [5.41, 5.74) is 4.07. The molecule has 4 aromatic rings. The van der Waals surface area contributed by atoms with Gasteiger partial charge in [-0.05, 0) is 50.1 Å². The van der Waals surface area contributed by atoms with E-state index in [0.29, 0.717) is 21.4 Å². The number of aryl methyl sites for hydroxylation is 2. The van der Waals surface area contributed by atoms with Crippen molar-refractivity contribution in [3.05, 3.63) is 86.4 Å². The van der Waals surface area contributed by atoms with E-state index in [1.807, 2.05) is 45.0 Å². The maximum atomic E-state index is 13.0. The second-order valence-electron chi connectivity index (χ2n) is 7.06. The molecule has 0 saturated heterocycles. The number of nitrogens with zero attached hydrogens (tertiary/aromatic N) is 4. The third kappa shape index (κ3) is 3.66. The Labute approximate surface area is 182 Å². The van der Waals surface area contributed by atoms with Crippen molar-refractivity contribution < 1.29 is 4.79 Å². The average Bonchev–Trinajstić information content (AvgIpc) is 3.14. The first-order chi connectivity index (χ1) is 14.4. The topological polar surface area (TPSA) is 69.3 Å². The molecule has 6 nitrogen and oxygen atoms in total. The van der Waals surface area contributed by atoms with Crippen LogP contribution in [0.15, 0.2) is 58.7 Å². The van der Waals surface area contributed by atoms with Gasteiger partial charge in [-0.3, -0.25) is 18.6 Å². The number of halogens is 1. The standard InChI is InChI=1S/C22H19ClN4O2S/c1-13-7-8-14(2)16(11-13)19(28)12-30-22-25-24-20-21(29)26(9-10-27(20)22)18-6-4-5-17(23)15(18)3/h4-11H,12H2,1-3H3. The van der Waals surface area contributed by atoms with Crippen LogP contribution in [0.3, 0.4) is 0 Å². The first kappa shape index (κ1) is 20.4. The molecule has 0 aliphatic rings. The molecule has 0 unspecified atom stereocenters. The number of Topliss-reactive ketones (excluding diaryl/α,β-unsaturated/α-hetero) is 1. The summed E-state index contributed by atoms with van der Waals surface area (Å²) in [5, 5.41) is 9.26. The van der Waals surface area contributed by atoms with Crippen molar-refractivity contribution >= 4 is 34.8 Å². The van der Waals surface area contributed by atoms with Crippen molar-refractivity contribution in [2.45, 2.75) is 25.9 Å². The third-order valence-electron chi connectivity index (χ3n) is 4.96. The van der Waals surface area contributed by atoms with E-state index in [-0.39, 0.29) is 22.7 Å². The lowest BCUT2D eigenvalue weighted by Gasteiger charge is -2.10. The number of hydrogen-bond donors (Lipinski definition) is 0. The fourth-order valence-corrected chi connectivity index (χ4v) is 4.23. The lowest BCUT2D eigenvalue weighted by molar-refractivity contribution is 0.102. The highest BCUT2D eigenvalue weighted by Crippen LogP contribution is 2.22. The zero-order chi connectivity index (χ0) is 21.4. The summed E-state index contributed by atoms with van der Waals surface area (Å²) in [6, 6.07) is 11.2. The smallest absolute Gasteiger partial charge is 0.293 e. The molecule has 30 heavy (non-hydrogen) atoms. The maximum Gasteiger partial charge on any atom is 0.300 e. The molecule has 152 valence electrons. The van der Waals surface area contributed by atoms with Gasteiger partial charge in [0.1, 0.15) is 0 Å². The summed E-state index contributed by atoms with van der Waals surface area (Å²) in [6.45, 7) is 5.74. The van der Waals surface area contributed by atoms with E-state index in [1.54, 1.807) is 28.9 Å². The molecule has 0 fully saturated rings. The molecule has 2 aromatic carbocycles. The van der Waals surface area contributed by atoms with Gasteiger partial charge >= 0.3 is 5.56 Å². The lowest BCUT2D eigenvalue weighted by Crippen LogP contribution is -2.21. The molecule has 0 saturated carbocycles. The third-order valence-corrected chi connectivity index (χ3v) is 6.32. The fraction of sp³-hybridized carbons (Fsp3) is 0.182. The van der Waals surface area contributed by atoms with Gasteiger partial charge in [0.2, 0.25) is 5.65 Å². The van der Waals surface area contributed by atoms with Crippen molar-refractivity contribution in [1.82, 2.24) is 19.2 Å². The Bertz CT molecular complexity index is 1340. The first-order valence-corrected chi connectivity index (χ1v) is 10.7. The predicted octanol–water partition coefficient (Wildman–Crippen LogP) is 4.43. The molecular weight excluding hydrogens is 420 g/mol. The monoisotopic (exact) mass is 438 g/mol. The Morgan fingerprint density at radius 1 is 1.10 bits per heavy atom. The lowest BCUT2D eigenvalue weighted by atomic mass is 10.0. The molecule has 0 spiro atoms. The van der Waals surface area contributed by atoms with Gasteiger partial charge in [0.25, 0.3) is 0 Å². The molecule has 8 heteroatoms. The van der Waals surface area contributed by atoms with Gasteiger partial charge in [0, 0.05) is 23.0 Å². The summed E-state index contributed by atoms with van der Waals surface area (Å²) >= 11 is 7.46. The Balaban J connectivity index is 1.64. The SMILES string of the molecule is Cc1ccc(C)c(C(=O)CSc2nnc3c(=O)n(-c4cccc(Cl)c4C)ccn23)c1. The highest BCUT2D eigenvalue weighted by atomic mass is 35.5. The molecule has 2 aromatic heterocycles. The van der Waals surface area contributed by atoms with Crippen molar-refractivity contribution in [3.63, 3.8) is 0 Å². The Morgan fingerprint density at radius 2 is 1.90 bits per heavy atom. The second kappa shape index (κ2) is 8.08. The molecule has 4 rings (SSSR count). The van der Waals surface area contributed by atoms with Crippen LogP contribution in [0.4, 0.5) is 0 Å². The van der Waals surface area contributed by atoms with Crippen LogP contribution in [-0.2, 0) is 0 Å². The van der Waals surface area contributed by atoms with Gasteiger partial charge in [-0.2, -0.15) is 0 Å². The maximum absolute atomic E-state index is 13.0. The van der Waals surface area contributed by atoms with Crippen molar-refractivity contribution in [1.29, 1.82) is 0 Å². The Morgan fingerprint density at radius 3 is 2.70 bits per heavy atom. The molecule has 0 N–H and O–H groups in total.